The molecule has 1 aromatic rings. The number of carbonyl (C=O) groups is 1. The van der Waals surface area contributed by atoms with Crippen LogP contribution in [0.4, 0.5) is 5.69 Å². The summed E-state index contributed by atoms with van der Waals surface area (Å²) in [7, 11) is 0. The monoisotopic (exact) mass is 297 g/mol. The second kappa shape index (κ2) is 6.95. The molecule has 1 aromatic carbocycles. The highest BCUT2D eigenvalue weighted by Gasteiger charge is 2.21. The lowest BCUT2D eigenvalue weighted by molar-refractivity contribution is -0.122. The fraction of sp³-hybridized carbons (Fsp3) is 0.533. The Balaban J connectivity index is 1.99. The molecule has 5 heteroatoms. The standard InChI is InChI=1S/C15H20ClNO3/c1-10(2)20-14-4-3-12(9-13(14)16)17-15(18)11-5-7-19-8-6-11/h3-4,9-11H,5-8H2,1-2H3,(H,17,18). The normalized spacial score (nSPS) is 16.2. The van der Waals surface area contributed by atoms with Crippen LogP contribution in [0.1, 0.15) is 26.7 Å². The Hall–Kier alpha value is -1.26. The summed E-state index contributed by atoms with van der Waals surface area (Å²) in [5.41, 5.74) is 0.697. The fourth-order valence-electron chi connectivity index (χ4n) is 2.13. The molecule has 0 saturated carbocycles. The molecule has 1 aliphatic heterocycles. The van der Waals surface area contributed by atoms with E-state index in [2.05, 4.69) is 5.32 Å². The van der Waals surface area contributed by atoms with Gasteiger partial charge in [0.2, 0.25) is 5.91 Å². The molecule has 110 valence electrons. The predicted molar refractivity (Wildman–Crippen MR) is 79.4 cm³/mol. The summed E-state index contributed by atoms with van der Waals surface area (Å²) < 4.78 is 10.8. The summed E-state index contributed by atoms with van der Waals surface area (Å²) >= 11 is 6.15. The topological polar surface area (TPSA) is 47.6 Å². The van der Waals surface area contributed by atoms with Crippen LogP contribution in [0.25, 0.3) is 0 Å². The number of hydrogen-bond acceptors (Lipinski definition) is 3. The molecular weight excluding hydrogens is 278 g/mol. The van der Waals surface area contributed by atoms with Crippen molar-refractivity contribution in [3.05, 3.63) is 23.2 Å². The van der Waals surface area contributed by atoms with Gasteiger partial charge in [0.25, 0.3) is 0 Å². The third kappa shape index (κ3) is 4.12. The third-order valence-corrected chi connectivity index (χ3v) is 3.45. The van der Waals surface area contributed by atoms with Crippen LogP contribution in [0.2, 0.25) is 5.02 Å². The summed E-state index contributed by atoms with van der Waals surface area (Å²) in [6.07, 6.45) is 1.61. The van der Waals surface area contributed by atoms with Gasteiger partial charge in [-0.05, 0) is 44.9 Å². The van der Waals surface area contributed by atoms with Gasteiger partial charge in [0.15, 0.2) is 0 Å². The van der Waals surface area contributed by atoms with Crippen molar-refractivity contribution in [3.63, 3.8) is 0 Å². The minimum atomic E-state index is 0.0223. The Labute approximate surface area is 124 Å². The summed E-state index contributed by atoms with van der Waals surface area (Å²) in [5.74, 6) is 0.682. The van der Waals surface area contributed by atoms with Crippen LogP contribution < -0.4 is 10.1 Å². The van der Waals surface area contributed by atoms with Gasteiger partial charge in [-0.25, -0.2) is 0 Å². The minimum absolute atomic E-state index is 0.0223. The maximum Gasteiger partial charge on any atom is 0.227 e. The average molecular weight is 298 g/mol. The highest BCUT2D eigenvalue weighted by molar-refractivity contribution is 6.32. The molecule has 0 unspecified atom stereocenters. The van der Waals surface area contributed by atoms with Crippen LogP contribution in [-0.4, -0.2) is 25.2 Å². The van der Waals surface area contributed by atoms with Crippen molar-refractivity contribution < 1.29 is 14.3 Å². The van der Waals surface area contributed by atoms with Crippen molar-refractivity contribution in [2.75, 3.05) is 18.5 Å². The summed E-state index contributed by atoms with van der Waals surface area (Å²) in [6.45, 7) is 5.19. The van der Waals surface area contributed by atoms with E-state index in [0.29, 0.717) is 29.7 Å². The van der Waals surface area contributed by atoms with E-state index in [1.807, 2.05) is 13.8 Å². The van der Waals surface area contributed by atoms with E-state index in [1.54, 1.807) is 18.2 Å². The zero-order valence-corrected chi connectivity index (χ0v) is 12.6. The molecule has 0 bridgehead atoms. The van der Waals surface area contributed by atoms with Crippen LogP contribution in [0.5, 0.6) is 5.75 Å². The Bertz CT molecular complexity index is 470. The van der Waals surface area contributed by atoms with Crippen molar-refractivity contribution in [2.24, 2.45) is 5.92 Å². The lowest BCUT2D eigenvalue weighted by atomic mass is 9.99. The first kappa shape index (κ1) is 15.1. The van der Waals surface area contributed by atoms with Gasteiger partial charge in [0.1, 0.15) is 5.75 Å². The van der Waals surface area contributed by atoms with E-state index in [0.717, 1.165) is 12.8 Å². The van der Waals surface area contributed by atoms with Crippen molar-refractivity contribution in [1.29, 1.82) is 0 Å². The van der Waals surface area contributed by atoms with Crippen LogP contribution in [0, 0.1) is 5.92 Å². The Morgan fingerprint density at radius 2 is 2.10 bits per heavy atom. The number of anilines is 1. The molecule has 0 aromatic heterocycles. The van der Waals surface area contributed by atoms with Gasteiger partial charge >= 0.3 is 0 Å². The molecule has 0 spiro atoms. The van der Waals surface area contributed by atoms with Gasteiger partial charge in [-0.3, -0.25) is 4.79 Å². The van der Waals surface area contributed by atoms with Crippen molar-refractivity contribution >= 4 is 23.2 Å². The Kier molecular flexibility index (Phi) is 5.26. The first-order valence-electron chi connectivity index (χ1n) is 6.91. The molecule has 4 nitrogen and oxygen atoms in total. The number of nitrogens with one attached hydrogen (secondary N) is 1. The van der Waals surface area contributed by atoms with E-state index < -0.39 is 0 Å². The van der Waals surface area contributed by atoms with E-state index >= 15 is 0 Å². The van der Waals surface area contributed by atoms with Gasteiger partial charge in [-0.15, -0.1) is 0 Å². The number of amides is 1. The van der Waals surface area contributed by atoms with Crippen molar-refractivity contribution in [1.82, 2.24) is 0 Å². The molecule has 1 fully saturated rings. The number of halogens is 1. The van der Waals surface area contributed by atoms with Crippen LogP contribution in [0.15, 0.2) is 18.2 Å². The van der Waals surface area contributed by atoms with Crippen LogP contribution in [-0.2, 0) is 9.53 Å². The van der Waals surface area contributed by atoms with E-state index in [1.165, 1.54) is 0 Å². The molecule has 1 N–H and O–H groups in total. The molecule has 1 saturated heterocycles. The first-order chi connectivity index (χ1) is 9.56. The van der Waals surface area contributed by atoms with Gasteiger partial charge in [-0.2, -0.15) is 0 Å². The molecule has 0 atom stereocenters. The minimum Gasteiger partial charge on any atom is -0.489 e. The second-order valence-corrected chi connectivity index (χ2v) is 5.59. The van der Waals surface area contributed by atoms with E-state index in [9.17, 15) is 4.79 Å². The third-order valence-electron chi connectivity index (χ3n) is 3.15. The van der Waals surface area contributed by atoms with Crippen LogP contribution in [0.3, 0.4) is 0 Å². The highest BCUT2D eigenvalue weighted by Crippen LogP contribution is 2.29. The molecule has 2 rings (SSSR count). The zero-order chi connectivity index (χ0) is 14.5. The maximum atomic E-state index is 12.1. The van der Waals surface area contributed by atoms with E-state index in [4.69, 9.17) is 21.1 Å². The van der Waals surface area contributed by atoms with Gasteiger partial charge in [0.05, 0.1) is 11.1 Å². The summed E-state index contributed by atoms with van der Waals surface area (Å²) in [4.78, 5) is 12.1. The second-order valence-electron chi connectivity index (χ2n) is 5.19. The molecule has 1 aliphatic rings. The van der Waals surface area contributed by atoms with E-state index in [-0.39, 0.29) is 17.9 Å². The largest absolute Gasteiger partial charge is 0.489 e. The van der Waals surface area contributed by atoms with Gasteiger partial charge < -0.3 is 14.8 Å². The number of hydrogen-bond donors (Lipinski definition) is 1. The smallest absolute Gasteiger partial charge is 0.227 e. The quantitative estimate of drug-likeness (QED) is 0.925. The van der Waals surface area contributed by atoms with Gasteiger partial charge in [-0.1, -0.05) is 11.6 Å². The molecule has 1 amide bonds. The average Bonchev–Trinajstić information content (AvgIpc) is 2.42. The maximum absolute atomic E-state index is 12.1. The lowest BCUT2D eigenvalue weighted by Gasteiger charge is -2.21. The molecule has 1 heterocycles. The summed E-state index contributed by atoms with van der Waals surface area (Å²) in [5, 5.41) is 3.40. The van der Waals surface area contributed by atoms with Crippen molar-refractivity contribution in [3.8, 4) is 5.75 Å². The lowest BCUT2D eigenvalue weighted by Crippen LogP contribution is -2.28. The molecule has 0 aliphatic carbocycles. The number of ether oxygens (including phenoxy) is 2. The van der Waals surface area contributed by atoms with Gasteiger partial charge in [0, 0.05) is 24.8 Å². The zero-order valence-electron chi connectivity index (χ0n) is 11.8. The SMILES string of the molecule is CC(C)Oc1ccc(NC(=O)C2CCOCC2)cc1Cl. The Morgan fingerprint density at radius 3 is 2.70 bits per heavy atom. The fourth-order valence-corrected chi connectivity index (χ4v) is 2.36. The van der Waals surface area contributed by atoms with Crippen molar-refractivity contribution in [2.45, 2.75) is 32.8 Å². The summed E-state index contributed by atoms with van der Waals surface area (Å²) in [6, 6.07) is 5.30. The Morgan fingerprint density at radius 1 is 1.40 bits per heavy atom. The molecule has 20 heavy (non-hydrogen) atoms. The highest BCUT2D eigenvalue weighted by atomic mass is 35.5. The van der Waals surface area contributed by atoms with Crippen LogP contribution >= 0.6 is 11.6 Å². The predicted octanol–water partition coefficient (Wildman–Crippen LogP) is 3.49. The molecule has 0 radical (unpaired) electrons. The number of rotatable bonds is 4. The molecular formula is C15H20ClNO3. The first-order valence-corrected chi connectivity index (χ1v) is 7.29. The number of carbonyl (C=O) groups excluding carboxylic acids is 1. The number of benzene rings is 1.